The van der Waals surface area contributed by atoms with E-state index in [2.05, 4.69) is 63.7 Å². The van der Waals surface area contributed by atoms with Gasteiger partial charge in [-0.05, 0) is 0 Å². The van der Waals surface area contributed by atoms with Gasteiger partial charge >= 0.3 is 5.97 Å². The smallest absolute Gasteiger partial charge is 0.317 e. The molecule has 0 rings (SSSR count). The van der Waals surface area contributed by atoms with E-state index in [1.165, 1.54) is 0 Å². The Labute approximate surface area is 92.3 Å². The molecule has 2 nitrogen and oxygen atoms in total. The number of aliphatic carboxylic acids is 1. The zero-order valence-corrected chi connectivity index (χ0v) is 11.0. The van der Waals surface area contributed by atoms with Crippen LogP contribution in [0.4, 0.5) is 0 Å². The fraction of sp³-hybridized carbons (Fsp3) is 0.750. The minimum atomic E-state index is -0.872. The standard InChI is InChI=1S/C4H4Br4O2/c5-2(3(9)10)1-4(6,7)8/h2H,1H2,(H,9,10). The van der Waals surface area contributed by atoms with Crippen LogP contribution in [0.15, 0.2) is 0 Å². The van der Waals surface area contributed by atoms with Crippen molar-refractivity contribution in [1.82, 2.24) is 0 Å². The van der Waals surface area contributed by atoms with Crippen molar-refractivity contribution >= 4 is 69.7 Å². The van der Waals surface area contributed by atoms with Crippen LogP contribution in [0.1, 0.15) is 6.42 Å². The van der Waals surface area contributed by atoms with Gasteiger partial charge < -0.3 is 5.11 Å². The summed E-state index contributed by atoms with van der Waals surface area (Å²) in [4.78, 5) is 9.72. The molecule has 0 bridgehead atoms. The number of rotatable bonds is 2. The van der Waals surface area contributed by atoms with Gasteiger partial charge in [-0.25, -0.2) is 0 Å². The minimum absolute atomic E-state index is 0.405. The molecule has 0 amide bonds. The van der Waals surface area contributed by atoms with Crippen molar-refractivity contribution in [3.05, 3.63) is 0 Å². The number of carboxylic acid groups (broad SMARTS) is 1. The lowest BCUT2D eigenvalue weighted by molar-refractivity contribution is -0.136. The van der Waals surface area contributed by atoms with Crippen LogP contribution in [0.25, 0.3) is 0 Å². The van der Waals surface area contributed by atoms with Crippen molar-refractivity contribution in [2.45, 2.75) is 13.4 Å². The molecule has 0 radical (unpaired) electrons. The Morgan fingerprint density at radius 1 is 1.50 bits per heavy atom. The molecule has 6 heteroatoms. The van der Waals surface area contributed by atoms with Gasteiger partial charge in [-0.3, -0.25) is 4.79 Å². The van der Waals surface area contributed by atoms with Crippen LogP contribution in [0.5, 0.6) is 0 Å². The second kappa shape index (κ2) is 4.42. The minimum Gasteiger partial charge on any atom is -0.480 e. The molecular formula is C4H4Br4O2. The topological polar surface area (TPSA) is 37.3 Å². The summed E-state index contributed by atoms with van der Waals surface area (Å²) >= 11 is 12.6. The van der Waals surface area contributed by atoms with Gasteiger partial charge in [0.25, 0.3) is 0 Å². The molecule has 0 heterocycles. The van der Waals surface area contributed by atoms with Crippen LogP contribution < -0.4 is 0 Å². The Bertz CT molecular complexity index is 130. The SMILES string of the molecule is O=C(O)C(Br)CC(Br)(Br)Br. The summed E-state index contributed by atoms with van der Waals surface area (Å²) in [5.41, 5.74) is 0. The highest BCUT2D eigenvalue weighted by molar-refractivity contribution is 9.39. The summed E-state index contributed by atoms with van der Waals surface area (Å²) in [6.07, 6.45) is 0.405. The Kier molecular flexibility index (Phi) is 5.04. The molecule has 0 fully saturated rings. The highest BCUT2D eigenvalue weighted by atomic mass is 80.0. The Hall–Kier alpha value is 1.39. The van der Waals surface area contributed by atoms with E-state index in [0.29, 0.717) is 6.42 Å². The fourth-order valence-corrected chi connectivity index (χ4v) is 3.05. The maximum Gasteiger partial charge on any atom is 0.317 e. The molecule has 0 aromatic heterocycles. The van der Waals surface area contributed by atoms with Gasteiger partial charge in [-0.1, -0.05) is 63.7 Å². The first-order chi connectivity index (χ1) is 4.33. The van der Waals surface area contributed by atoms with Gasteiger partial charge in [0.05, 0.1) is 0 Å². The van der Waals surface area contributed by atoms with Crippen LogP contribution in [-0.2, 0) is 4.79 Å². The number of carbonyl (C=O) groups is 1. The van der Waals surface area contributed by atoms with Gasteiger partial charge in [-0.2, -0.15) is 0 Å². The van der Waals surface area contributed by atoms with Crippen LogP contribution in [-0.4, -0.2) is 18.0 Å². The first-order valence-electron chi connectivity index (χ1n) is 2.26. The Morgan fingerprint density at radius 2 is 1.90 bits per heavy atom. The van der Waals surface area contributed by atoms with Crippen LogP contribution in [0, 0.1) is 0 Å². The van der Waals surface area contributed by atoms with Crippen molar-refractivity contribution in [2.75, 3.05) is 0 Å². The molecule has 10 heavy (non-hydrogen) atoms. The van der Waals surface area contributed by atoms with Gasteiger partial charge in [0.1, 0.15) is 6.97 Å². The van der Waals surface area contributed by atoms with E-state index in [-0.39, 0.29) is 0 Å². The highest BCUT2D eigenvalue weighted by Gasteiger charge is 2.26. The fourth-order valence-electron chi connectivity index (χ4n) is 0.291. The largest absolute Gasteiger partial charge is 0.480 e. The van der Waals surface area contributed by atoms with E-state index < -0.39 is 12.9 Å². The maximum atomic E-state index is 10.3. The van der Waals surface area contributed by atoms with E-state index >= 15 is 0 Å². The monoisotopic (exact) mass is 400 g/mol. The quantitative estimate of drug-likeness (QED) is 0.720. The Balaban J connectivity index is 3.80. The predicted octanol–water partition coefficient (Wildman–Crippen LogP) is 3.06. The second-order valence-corrected chi connectivity index (χ2v) is 9.98. The molecule has 0 aromatic rings. The third kappa shape index (κ3) is 6.12. The van der Waals surface area contributed by atoms with Gasteiger partial charge in [-0.15, -0.1) is 0 Å². The van der Waals surface area contributed by atoms with E-state index in [4.69, 9.17) is 5.11 Å². The number of hydrogen-bond donors (Lipinski definition) is 1. The van der Waals surface area contributed by atoms with Gasteiger partial charge in [0, 0.05) is 6.42 Å². The molecule has 0 aliphatic carbocycles. The van der Waals surface area contributed by atoms with E-state index in [1.807, 2.05) is 0 Å². The summed E-state index contributed by atoms with van der Waals surface area (Å²) in [6, 6.07) is 0. The first kappa shape index (κ1) is 11.4. The van der Waals surface area contributed by atoms with Crippen LogP contribution in [0.2, 0.25) is 0 Å². The second-order valence-electron chi connectivity index (χ2n) is 1.63. The average Bonchev–Trinajstić information content (AvgIpc) is 1.60. The molecule has 1 atom stereocenters. The third-order valence-electron chi connectivity index (χ3n) is 0.679. The lowest BCUT2D eigenvalue weighted by Crippen LogP contribution is -2.18. The highest BCUT2D eigenvalue weighted by Crippen LogP contribution is 2.39. The zero-order valence-electron chi connectivity index (χ0n) is 4.65. The van der Waals surface area contributed by atoms with E-state index in [0.717, 1.165) is 0 Å². The molecule has 0 spiro atoms. The molecule has 1 N–H and O–H groups in total. The van der Waals surface area contributed by atoms with Crippen molar-refractivity contribution in [1.29, 1.82) is 0 Å². The molecule has 1 unspecified atom stereocenters. The lowest BCUT2D eigenvalue weighted by atomic mass is 10.3. The summed E-state index contributed by atoms with van der Waals surface area (Å²) in [7, 11) is 0. The molecule has 0 aliphatic rings. The van der Waals surface area contributed by atoms with Crippen LogP contribution in [0.3, 0.4) is 0 Å². The molecule has 0 saturated heterocycles. The summed E-state index contributed by atoms with van der Waals surface area (Å²) in [5, 5.41) is 8.44. The third-order valence-corrected chi connectivity index (χ3v) is 2.37. The van der Waals surface area contributed by atoms with Crippen LogP contribution >= 0.6 is 63.7 Å². The van der Waals surface area contributed by atoms with E-state index in [9.17, 15) is 4.79 Å². The molecular weight excluding hydrogens is 400 g/mol. The van der Waals surface area contributed by atoms with Crippen molar-refractivity contribution < 1.29 is 9.90 Å². The Morgan fingerprint density at radius 3 is 2.00 bits per heavy atom. The van der Waals surface area contributed by atoms with Crippen molar-refractivity contribution in [3.8, 4) is 0 Å². The number of carboxylic acids is 1. The lowest BCUT2D eigenvalue weighted by Gasteiger charge is -2.12. The predicted molar refractivity (Wildman–Crippen MR) is 54.5 cm³/mol. The zero-order chi connectivity index (χ0) is 8.36. The number of alkyl halides is 4. The van der Waals surface area contributed by atoms with Crippen molar-refractivity contribution in [2.24, 2.45) is 0 Å². The molecule has 0 saturated carbocycles. The summed E-state index contributed by atoms with van der Waals surface area (Å²) in [6.45, 7) is 0. The number of halogens is 4. The summed E-state index contributed by atoms with van der Waals surface area (Å²) < 4.78 is -0.487. The molecule has 0 aliphatic heterocycles. The molecule has 0 aromatic carbocycles. The average molecular weight is 404 g/mol. The molecule has 60 valence electrons. The van der Waals surface area contributed by atoms with Gasteiger partial charge in [0.2, 0.25) is 0 Å². The normalized spacial score (nSPS) is 14.8. The number of hydrogen-bond acceptors (Lipinski definition) is 1. The maximum absolute atomic E-state index is 10.3. The summed E-state index contributed by atoms with van der Waals surface area (Å²) in [5.74, 6) is -0.872. The van der Waals surface area contributed by atoms with Gasteiger partial charge in [0.15, 0.2) is 0 Å². The van der Waals surface area contributed by atoms with E-state index in [1.54, 1.807) is 0 Å². The first-order valence-corrected chi connectivity index (χ1v) is 5.56. The van der Waals surface area contributed by atoms with Crippen molar-refractivity contribution in [3.63, 3.8) is 0 Å².